The van der Waals surface area contributed by atoms with Gasteiger partial charge in [-0.2, -0.15) is 5.10 Å². The van der Waals surface area contributed by atoms with Crippen LogP contribution in [0.3, 0.4) is 0 Å². The maximum absolute atomic E-state index is 12.2. The molecule has 0 aromatic carbocycles. The number of halogens is 1. The summed E-state index contributed by atoms with van der Waals surface area (Å²) in [5.41, 5.74) is 2.48. The van der Waals surface area contributed by atoms with Gasteiger partial charge in [0.25, 0.3) is 5.91 Å². The van der Waals surface area contributed by atoms with Crippen LogP contribution in [0.1, 0.15) is 28.5 Å². The first-order valence-corrected chi connectivity index (χ1v) is 7.06. The predicted molar refractivity (Wildman–Crippen MR) is 82.5 cm³/mol. The van der Waals surface area contributed by atoms with Gasteiger partial charge in [0.05, 0.1) is 5.69 Å². The minimum absolute atomic E-state index is 0.193. The molecule has 112 valence electrons. The van der Waals surface area contributed by atoms with Gasteiger partial charge >= 0.3 is 0 Å². The largest absolute Gasteiger partial charge is 0.373 e. The molecular weight excluding hydrogens is 290 g/mol. The number of amides is 1. The van der Waals surface area contributed by atoms with Gasteiger partial charge in [-0.25, -0.2) is 4.98 Å². The van der Waals surface area contributed by atoms with E-state index in [0.717, 1.165) is 17.7 Å². The zero-order chi connectivity index (χ0) is 15.4. The molecule has 2 rings (SSSR count). The normalized spacial score (nSPS) is 10.5. The number of nitrogens with zero attached hydrogens (tertiary/aromatic N) is 3. The molecule has 0 aliphatic heterocycles. The van der Waals surface area contributed by atoms with E-state index in [1.54, 1.807) is 23.9 Å². The van der Waals surface area contributed by atoms with E-state index < -0.39 is 0 Å². The number of hydrogen-bond acceptors (Lipinski definition) is 4. The van der Waals surface area contributed by atoms with E-state index in [1.165, 1.54) is 0 Å². The van der Waals surface area contributed by atoms with E-state index in [1.807, 2.05) is 20.2 Å². The van der Waals surface area contributed by atoms with Crippen molar-refractivity contribution in [2.24, 2.45) is 7.05 Å². The molecule has 2 N–H and O–H groups in total. The number of anilines is 1. The van der Waals surface area contributed by atoms with Crippen LogP contribution in [0, 0.1) is 0 Å². The highest BCUT2D eigenvalue weighted by Crippen LogP contribution is 2.14. The Morgan fingerprint density at radius 3 is 2.86 bits per heavy atom. The fraction of sp³-hybridized carbons (Fsp3) is 0.357. The molecule has 0 aliphatic rings. The van der Waals surface area contributed by atoms with Gasteiger partial charge in [0.15, 0.2) is 0 Å². The average molecular weight is 308 g/mol. The van der Waals surface area contributed by atoms with Crippen LogP contribution in [0.4, 0.5) is 5.82 Å². The van der Waals surface area contributed by atoms with E-state index in [4.69, 9.17) is 11.6 Å². The number of nitrogens with one attached hydrogen (secondary N) is 2. The van der Waals surface area contributed by atoms with Crippen molar-refractivity contribution in [3.05, 3.63) is 40.3 Å². The standard InChI is InChI=1S/C14H18ClN5O/c1-4-11-10(8-20(3)19-11)7-17-14(21)9-5-12(15)18-13(6-9)16-2/h5-6,8H,4,7H2,1-3H3,(H,16,18)(H,17,21). The molecule has 0 radical (unpaired) electrons. The van der Waals surface area contributed by atoms with E-state index in [2.05, 4.69) is 20.7 Å². The number of pyridine rings is 1. The topological polar surface area (TPSA) is 71.8 Å². The number of aryl methyl sites for hydroxylation is 2. The fourth-order valence-corrected chi connectivity index (χ4v) is 2.27. The first-order chi connectivity index (χ1) is 10.0. The summed E-state index contributed by atoms with van der Waals surface area (Å²) in [6.45, 7) is 2.47. The summed E-state index contributed by atoms with van der Waals surface area (Å²) < 4.78 is 1.75. The van der Waals surface area contributed by atoms with Gasteiger partial charge in [0.2, 0.25) is 0 Å². The summed E-state index contributed by atoms with van der Waals surface area (Å²) in [6.07, 6.45) is 2.74. The van der Waals surface area contributed by atoms with E-state index >= 15 is 0 Å². The molecule has 0 spiro atoms. The van der Waals surface area contributed by atoms with Gasteiger partial charge in [-0.05, 0) is 18.6 Å². The summed E-state index contributed by atoms with van der Waals surface area (Å²) in [5.74, 6) is 0.366. The van der Waals surface area contributed by atoms with Crippen LogP contribution < -0.4 is 10.6 Å². The first-order valence-electron chi connectivity index (χ1n) is 6.68. The van der Waals surface area contributed by atoms with Gasteiger partial charge in [-0.1, -0.05) is 18.5 Å². The lowest BCUT2D eigenvalue weighted by Gasteiger charge is -2.07. The van der Waals surface area contributed by atoms with Crippen LogP contribution in [0.2, 0.25) is 5.15 Å². The van der Waals surface area contributed by atoms with Crippen LogP contribution in [-0.2, 0) is 20.0 Å². The molecule has 6 nitrogen and oxygen atoms in total. The van der Waals surface area contributed by atoms with Crippen LogP contribution in [0.25, 0.3) is 0 Å². The van der Waals surface area contributed by atoms with Crippen LogP contribution in [-0.4, -0.2) is 27.7 Å². The lowest BCUT2D eigenvalue weighted by molar-refractivity contribution is 0.0951. The second-order valence-corrected chi connectivity index (χ2v) is 5.01. The van der Waals surface area contributed by atoms with Crippen molar-refractivity contribution in [1.29, 1.82) is 0 Å². The van der Waals surface area contributed by atoms with Gasteiger partial charge in [0.1, 0.15) is 11.0 Å². The molecule has 0 aliphatic carbocycles. The van der Waals surface area contributed by atoms with Crippen molar-refractivity contribution in [3.8, 4) is 0 Å². The zero-order valence-corrected chi connectivity index (χ0v) is 13.0. The highest BCUT2D eigenvalue weighted by atomic mass is 35.5. The number of hydrogen-bond donors (Lipinski definition) is 2. The molecule has 7 heteroatoms. The summed E-state index contributed by atoms with van der Waals surface area (Å²) in [4.78, 5) is 16.2. The minimum atomic E-state index is -0.193. The molecule has 0 saturated heterocycles. The predicted octanol–water partition coefficient (Wildman–Crippen LogP) is 2.00. The van der Waals surface area contributed by atoms with E-state index in [0.29, 0.717) is 17.9 Å². The molecule has 2 heterocycles. The third-order valence-corrected chi connectivity index (χ3v) is 3.27. The van der Waals surface area contributed by atoms with Crippen LogP contribution >= 0.6 is 11.6 Å². The number of carbonyl (C=O) groups excluding carboxylic acids is 1. The summed E-state index contributed by atoms with van der Waals surface area (Å²) in [6, 6.07) is 3.20. The lowest BCUT2D eigenvalue weighted by Crippen LogP contribution is -2.23. The van der Waals surface area contributed by atoms with E-state index in [-0.39, 0.29) is 11.1 Å². The summed E-state index contributed by atoms with van der Waals surface area (Å²) in [7, 11) is 3.59. The SMILES string of the molecule is CCc1nn(C)cc1CNC(=O)c1cc(Cl)nc(NC)c1. The maximum Gasteiger partial charge on any atom is 0.251 e. The number of rotatable bonds is 5. The average Bonchev–Trinajstić information content (AvgIpc) is 2.84. The van der Waals surface area contributed by atoms with Gasteiger partial charge in [0, 0.05) is 38.0 Å². The van der Waals surface area contributed by atoms with Crippen molar-refractivity contribution in [3.63, 3.8) is 0 Å². The number of carbonyl (C=O) groups is 1. The summed E-state index contributed by atoms with van der Waals surface area (Å²) in [5, 5.41) is 10.4. The Labute approximate surface area is 128 Å². The minimum Gasteiger partial charge on any atom is -0.373 e. The van der Waals surface area contributed by atoms with Crippen molar-refractivity contribution in [2.45, 2.75) is 19.9 Å². The Kier molecular flexibility index (Phi) is 4.80. The molecule has 2 aromatic heterocycles. The summed E-state index contributed by atoms with van der Waals surface area (Å²) >= 11 is 5.90. The highest BCUT2D eigenvalue weighted by molar-refractivity contribution is 6.29. The molecular formula is C14H18ClN5O. The quantitative estimate of drug-likeness (QED) is 0.829. The van der Waals surface area contributed by atoms with Crippen LogP contribution in [0.5, 0.6) is 0 Å². The lowest BCUT2D eigenvalue weighted by atomic mass is 10.2. The van der Waals surface area contributed by atoms with Gasteiger partial charge in [-0.15, -0.1) is 0 Å². The van der Waals surface area contributed by atoms with E-state index in [9.17, 15) is 4.79 Å². The van der Waals surface area contributed by atoms with Crippen molar-refractivity contribution < 1.29 is 4.79 Å². The molecule has 0 unspecified atom stereocenters. The molecule has 0 bridgehead atoms. The van der Waals surface area contributed by atoms with Crippen molar-refractivity contribution >= 4 is 23.3 Å². The Morgan fingerprint density at radius 1 is 1.43 bits per heavy atom. The Bertz CT molecular complexity index is 653. The Morgan fingerprint density at radius 2 is 2.19 bits per heavy atom. The van der Waals surface area contributed by atoms with Crippen LogP contribution in [0.15, 0.2) is 18.3 Å². The second kappa shape index (κ2) is 6.58. The maximum atomic E-state index is 12.2. The second-order valence-electron chi connectivity index (χ2n) is 4.62. The smallest absolute Gasteiger partial charge is 0.251 e. The number of aromatic nitrogens is 3. The zero-order valence-electron chi connectivity index (χ0n) is 12.3. The Hall–Kier alpha value is -2.08. The third kappa shape index (κ3) is 3.72. The molecule has 21 heavy (non-hydrogen) atoms. The first kappa shape index (κ1) is 15.3. The molecule has 0 fully saturated rings. The van der Waals surface area contributed by atoms with Crippen molar-refractivity contribution in [1.82, 2.24) is 20.1 Å². The molecule has 0 saturated carbocycles. The molecule has 2 aromatic rings. The van der Waals surface area contributed by atoms with Gasteiger partial charge in [-0.3, -0.25) is 9.48 Å². The monoisotopic (exact) mass is 307 g/mol. The Balaban J connectivity index is 2.09. The fourth-order valence-electron chi connectivity index (χ4n) is 2.06. The van der Waals surface area contributed by atoms with Gasteiger partial charge < -0.3 is 10.6 Å². The highest BCUT2D eigenvalue weighted by Gasteiger charge is 2.11. The van der Waals surface area contributed by atoms with Crippen molar-refractivity contribution in [2.75, 3.05) is 12.4 Å². The molecule has 0 atom stereocenters. The third-order valence-electron chi connectivity index (χ3n) is 3.08. The molecule has 1 amide bonds.